The normalized spacial score (nSPS) is 21.3. The lowest BCUT2D eigenvalue weighted by Crippen LogP contribution is -2.39. The van der Waals surface area contributed by atoms with E-state index in [2.05, 4.69) is 10.2 Å². The van der Waals surface area contributed by atoms with Gasteiger partial charge in [0.05, 0.1) is 6.04 Å². The van der Waals surface area contributed by atoms with E-state index in [0.29, 0.717) is 18.7 Å². The zero-order valence-electron chi connectivity index (χ0n) is 12.7. The highest BCUT2D eigenvalue weighted by Gasteiger charge is 2.36. The zero-order chi connectivity index (χ0) is 16.2. The molecule has 0 unspecified atom stereocenters. The molecule has 1 fully saturated rings. The van der Waals surface area contributed by atoms with Crippen molar-refractivity contribution in [2.45, 2.75) is 18.5 Å². The van der Waals surface area contributed by atoms with Crippen LogP contribution in [0.1, 0.15) is 17.0 Å². The minimum absolute atomic E-state index is 0.184. The fraction of sp³-hybridized carbons (Fsp3) is 0.278. The molecule has 3 rings (SSSR count). The molecule has 2 N–H and O–H groups in total. The van der Waals surface area contributed by atoms with Gasteiger partial charge in [0.1, 0.15) is 5.82 Å². The number of nitrogens with zero attached hydrogens (tertiary/aromatic N) is 1. The van der Waals surface area contributed by atoms with Gasteiger partial charge in [-0.1, -0.05) is 48.5 Å². The minimum atomic E-state index is -1.07. The second-order valence-electron chi connectivity index (χ2n) is 5.86. The summed E-state index contributed by atoms with van der Waals surface area (Å²) in [5.74, 6) is -0.465. The van der Waals surface area contributed by atoms with Crippen molar-refractivity contribution in [3.8, 4) is 0 Å². The van der Waals surface area contributed by atoms with E-state index in [-0.39, 0.29) is 17.8 Å². The fourth-order valence-corrected chi connectivity index (χ4v) is 3.25. The highest BCUT2D eigenvalue weighted by molar-refractivity contribution is 5.65. The van der Waals surface area contributed by atoms with Gasteiger partial charge in [-0.15, -0.1) is 0 Å². The van der Waals surface area contributed by atoms with E-state index >= 15 is 0 Å². The lowest BCUT2D eigenvalue weighted by Gasteiger charge is -2.19. The van der Waals surface area contributed by atoms with E-state index in [1.165, 1.54) is 6.07 Å². The first-order valence-electron chi connectivity index (χ1n) is 7.63. The Morgan fingerprint density at radius 2 is 1.83 bits per heavy atom. The summed E-state index contributed by atoms with van der Waals surface area (Å²) in [6.45, 7) is 1.92. The second-order valence-corrected chi connectivity index (χ2v) is 5.86. The van der Waals surface area contributed by atoms with Crippen molar-refractivity contribution in [1.29, 1.82) is 0 Å². The predicted molar refractivity (Wildman–Crippen MR) is 85.8 cm³/mol. The molecule has 5 heteroatoms. The van der Waals surface area contributed by atoms with E-state index in [4.69, 9.17) is 5.11 Å². The first-order valence-corrected chi connectivity index (χ1v) is 7.63. The van der Waals surface area contributed by atoms with Gasteiger partial charge in [-0.2, -0.15) is 0 Å². The first-order chi connectivity index (χ1) is 11.1. The Kier molecular flexibility index (Phi) is 4.57. The number of rotatable bonds is 4. The van der Waals surface area contributed by atoms with Crippen LogP contribution in [-0.2, 0) is 6.54 Å². The molecule has 1 aliphatic rings. The van der Waals surface area contributed by atoms with E-state index in [9.17, 15) is 9.18 Å². The van der Waals surface area contributed by atoms with Gasteiger partial charge in [-0.3, -0.25) is 4.90 Å². The van der Waals surface area contributed by atoms with E-state index in [1.807, 2.05) is 30.3 Å². The third-order valence-electron chi connectivity index (χ3n) is 4.26. The number of hydrogen-bond donors (Lipinski definition) is 2. The maximum absolute atomic E-state index is 14.1. The SMILES string of the molecule is O=C(O)N[C@H]1CN(Cc2ccccc2)C[C@@H]1c1ccccc1F. The Labute approximate surface area is 134 Å². The van der Waals surface area contributed by atoms with Crippen LogP contribution in [0.5, 0.6) is 0 Å². The molecule has 0 bridgehead atoms. The Hall–Kier alpha value is -2.40. The minimum Gasteiger partial charge on any atom is -0.465 e. The number of hydrogen-bond acceptors (Lipinski definition) is 2. The number of amides is 1. The van der Waals surface area contributed by atoms with Crippen molar-refractivity contribution in [2.75, 3.05) is 13.1 Å². The van der Waals surface area contributed by atoms with Crippen molar-refractivity contribution in [3.63, 3.8) is 0 Å². The number of benzene rings is 2. The molecule has 0 spiro atoms. The van der Waals surface area contributed by atoms with Crippen LogP contribution in [-0.4, -0.2) is 35.2 Å². The van der Waals surface area contributed by atoms with E-state index in [0.717, 1.165) is 12.1 Å². The first kappa shape index (κ1) is 15.5. The van der Waals surface area contributed by atoms with Gasteiger partial charge < -0.3 is 10.4 Å². The summed E-state index contributed by atoms with van der Waals surface area (Å²) >= 11 is 0. The van der Waals surface area contributed by atoms with Crippen LogP contribution in [0.15, 0.2) is 54.6 Å². The highest BCUT2D eigenvalue weighted by atomic mass is 19.1. The Morgan fingerprint density at radius 3 is 2.52 bits per heavy atom. The van der Waals surface area contributed by atoms with Crippen molar-refractivity contribution in [2.24, 2.45) is 0 Å². The molecule has 120 valence electrons. The quantitative estimate of drug-likeness (QED) is 0.912. The van der Waals surface area contributed by atoms with Gasteiger partial charge in [0, 0.05) is 25.6 Å². The summed E-state index contributed by atoms with van der Waals surface area (Å²) in [4.78, 5) is 13.2. The summed E-state index contributed by atoms with van der Waals surface area (Å²) in [5, 5.41) is 11.6. The van der Waals surface area contributed by atoms with Gasteiger partial charge in [0.15, 0.2) is 0 Å². The lowest BCUT2D eigenvalue weighted by atomic mass is 9.94. The molecule has 0 radical (unpaired) electrons. The molecule has 0 aliphatic carbocycles. The smallest absolute Gasteiger partial charge is 0.404 e. The zero-order valence-corrected chi connectivity index (χ0v) is 12.7. The molecule has 1 heterocycles. The second kappa shape index (κ2) is 6.79. The molecule has 2 atom stereocenters. The van der Waals surface area contributed by atoms with Crippen LogP contribution in [0.4, 0.5) is 9.18 Å². The van der Waals surface area contributed by atoms with Crippen LogP contribution in [0.3, 0.4) is 0 Å². The fourth-order valence-electron chi connectivity index (χ4n) is 3.25. The summed E-state index contributed by atoms with van der Waals surface area (Å²) < 4.78 is 14.1. The maximum Gasteiger partial charge on any atom is 0.404 e. The van der Waals surface area contributed by atoms with Crippen LogP contribution in [0.25, 0.3) is 0 Å². The molecule has 4 nitrogen and oxygen atoms in total. The number of carbonyl (C=O) groups is 1. The molecule has 1 amide bonds. The topological polar surface area (TPSA) is 52.6 Å². The largest absolute Gasteiger partial charge is 0.465 e. The molecule has 2 aromatic rings. The summed E-state index contributed by atoms with van der Waals surface area (Å²) in [7, 11) is 0. The van der Waals surface area contributed by atoms with Gasteiger partial charge in [-0.25, -0.2) is 9.18 Å². The number of nitrogens with one attached hydrogen (secondary N) is 1. The maximum atomic E-state index is 14.1. The van der Waals surface area contributed by atoms with Crippen LogP contribution < -0.4 is 5.32 Å². The molecular formula is C18H19FN2O2. The van der Waals surface area contributed by atoms with Gasteiger partial charge in [0.2, 0.25) is 0 Å². The number of likely N-dealkylation sites (tertiary alicyclic amines) is 1. The average molecular weight is 314 g/mol. The number of halogens is 1. The predicted octanol–water partition coefficient (Wildman–Crippen LogP) is 3.06. The Balaban J connectivity index is 1.79. The summed E-state index contributed by atoms with van der Waals surface area (Å²) in [6, 6.07) is 16.3. The van der Waals surface area contributed by atoms with Gasteiger partial charge in [-0.05, 0) is 17.2 Å². The van der Waals surface area contributed by atoms with Crippen LogP contribution in [0, 0.1) is 5.82 Å². The van der Waals surface area contributed by atoms with E-state index in [1.54, 1.807) is 18.2 Å². The highest BCUT2D eigenvalue weighted by Crippen LogP contribution is 2.30. The third kappa shape index (κ3) is 3.68. The summed E-state index contributed by atoms with van der Waals surface area (Å²) in [6.07, 6.45) is -1.07. The summed E-state index contributed by atoms with van der Waals surface area (Å²) in [5.41, 5.74) is 1.73. The Bertz CT molecular complexity index is 678. The van der Waals surface area contributed by atoms with Crippen molar-refractivity contribution in [3.05, 3.63) is 71.5 Å². The molecular weight excluding hydrogens is 295 g/mol. The lowest BCUT2D eigenvalue weighted by molar-refractivity contribution is 0.188. The molecule has 1 saturated heterocycles. The number of carboxylic acid groups (broad SMARTS) is 1. The van der Waals surface area contributed by atoms with Crippen molar-refractivity contribution < 1.29 is 14.3 Å². The average Bonchev–Trinajstić information content (AvgIpc) is 2.90. The van der Waals surface area contributed by atoms with Gasteiger partial charge >= 0.3 is 6.09 Å². The molecule has 0 saturated carbocycles. The Morgan fingerprint density at radius 1 is 1.13 bits per heavy atom. The van der Waals surface area contributed by atoms with Crippen LogP contribution in [0.2, 0.25) is 0 Å². The molecule has 0 aromatic heterocycles. The molecule has 23 heavy (non-hydrogen) atoms. The van der Waals surface area contributed by atoms with Gasteiger partial charge in [0.25, 0.3) is 0 Å². The van der Waals surface area contributed by atoms with Crippen molar-refractivity contribution >= 4 is 6.09 Å². The monoisotopic (exact) mass is 314 g/mol. The third-order valence-corrected chi connectivity index (χ3v) is 4.26. The van der Waals surface area contributed by atoms with E-state index < -0.39 is 6.09 Å². The standard InChI is InChI=1S/C18H19FN2O2/c19-16-9-5-4-8-14(16)15-11-21(12-17(15)20-18(22)23)10-13-6-2-1-3-7-13/h1-9,15,17,20H,10-12H2,(H,22,23)/t15-,17+/m1/s1. The van der Waals surface area contributed by atoms with Crippen LogP contribution >= 0.6 is 0 Å². The molecule has 2 aromatic carbocycles. The molecule has 1 aliphatic heterocycles. The van der Waals surface area contributed by atoms with Crippen molar-refractivity contribution in [1.82, 2.24) is 10.2 Å².